The molecule has 0 saturated heterocycles. The number of halogens is 1. The summed E-state index contributed by atoms with van der Waals surface area (Å²) in [7, 11) is 0. The van der Waals surface area contributed by atoms with Crippen LogP contribution in [0.15, 0.2) is 24.3 Å². The fourth-order valence-corrected chi connectivity index (χ4v) is 2.93. The van der Waals surface area contributed by atoms with E-state index < -0.39 is 0 Å². The summed E-state index contributed by atoms with van der Waals surface area (Å²) in [6.45, 7) is 2.25. The van der Waals surface area contributed by atoms with E-state index in [0.29, 0.717) is 0 Å². The van der Waals surface area contributed by atoms with Gasteiger partial charge in [0.1, 0.15) is 5.82 Å². The molecule has 0 spiro atoms. The summed E-state index contributed by atoms with van der Waals surface area (Å²) in [5, 5.41) is 0. The molecule has 94 valence electrons. The second-order valence-electron chi connectivity index (χ2n) is 5.37. The van der Waals surface area contributed by atoms with Crippen molar-refractivity contribution in [2.75, 3.05) is 0 Å². The van der Waals surface area contributed by atoms with E-state index in [0.717, 1.165) is 30.7 Å². The summed E-state index contributed by atoms with van der Waals surface area (Å²) >= 11 is 0. The van der Waals surface area contributed by atoms with Gasteiger partial charge in [-0.25, -0.2) is 4.39 Å². The summed E-state index contributed by atoms with van der Waals surface area (Å²) < 4.78 is 13.3. The van der Waals surface area contributed by atoms with Crippen LogP contribution in [0.1, 0.15) is 51.0 Å². The SMILES string of the molecule is CCC1CCCC(N)(c2cccc(F)c2)CC1. The Kier molecular flexibility index (Phi) is 3.82. The van der Waals surface area contributed by atoms with E-state index in [9.17, 15) is 4.39 Å². The van der Waals surface area contributed by atoms with Crippen LogP contribution in [0.2, 0.25) is 0 Å². The summed E-state index contributed by atoms with van der Waals surface area (Å²) in [6, 6.07) is 6.82. The van der Waals surface area contributed by atoms with Crippen LogP contribution < -0.4 is 5.73 Å². The van der Waals surface area contributed by atoms with Crippen LogP contribution in [0.5, 0.6) is 0 Å². The lowest BCUT2D eigenvalue weighted by Gasteiger charge is -2.29. The normalized spacial score (nSPS) is 29.9. The Morgan fingerprint density at radius 2 is 2.18 bits per heavy atom. The minimum absolute atomic E-state index is 0.177. The second-order valence-corrected chi connectivity index (χ2v) is 5.37. The lowest BCUT2D eigenvalue weighted by Crippen LogP contribution is -2.36. The molecule has 1 saturated carbocycles. The van der Waals surface area contributed by atoms with Crippen molar-refractivity contribution in [3.63, 3.8) is 0 Å². The molecule has 2 heteroatoms. The monoisotopic (exact) mass is 235 g/mol. The largest absolute Gasteiger partial charge is 0.321 e. The zero-order valence-corrected chi connectivity index (χ0v) is 10.6. The van der Waals surface area contributed by atoms with Crippen LogP contribution in [0.4, 0.5) is 4.39 Å². The Morgan fingerprint density at radius 3 is 2.88 bits per heavy atom. The molecule has 17 heavy (non-hydrogen) atoms. The minimum atomic E-state index is -0.313. The molecular formula is C15H22FN. The maximum atomic E-state index is 13.3. The van der Waals surface area contributed by atoms with Crippen LogP contribution in [0.25, 0.3) is 0 Å². The van der Waals surface area contributed by atoms with Gasteiger partial charge in [-0.15, -0.1) is 0 Å². The van der Waals surface area contributed by atoms with E-state index in [-0.39, 0.29) is 11.4 Å². The molecule has 1 aliphatic rings. The Morgan fingerprint density at radius 1 is 1.35 bits per heavy atom. The molecular weight excluding hydrogens is 213 g/mol. The van der Waals surface area contributed by atoms with Gasteiger partial charge in [0.25, 0.3) is 0 Å². The molecule has 0 heterocycles. The third-order valence-electron chi connectivity index (χ3n) is 4.21. The standard InChI is InChI=1S/C15H22FN/c1-2-12-5-4-9-15(17,10-8-12)13-6-3-7-14(16)11-13/h3,6-7,11-12H,2,4-5,8-10,17H2,1H3. The van der Waals surface area contributed by atoms with Crippen molar-refractivity contribution in [1.82, 2.24) is 0 Å². The molecule has 1 aromatic rings. The first-order valence-electron chi connectivity index (χ1n) is 6.69. The van der Waals surface area contributed by atoms with Crippen molar-refractivity contribution in [2.45, 2.75) is 51.0 Å². The van der Waals surface area contributed by atoms with Gasteiger partial charge in [-0.1, -0.05) is 38.3 Å². The van der Waals surface area contributed by atoms with Gasteiger partial charge < -0.3 is 5.73 Å². The Bertz CT molecular complexity index is 377. The molecule has 1 aliphatic carbocycles. The van der Waals surface area contributed by atoms with Crippen molar-refractivity contribution in [2.24, 2.45) is 11.7 Å². The summed E-state index contributed by atoms with van der Waals surface area (Å²) in [5.74, 6) is 0.623. The van der Waals surface area contributed by atoms with Crippen LogP contribution in [0.3, 0.4) is 0 Å². The zero-order chi connectivity index (χ0) is 12.3. The molecule has 0 radical (unpaired) electrons. The third-order valence-corrected chi connectivity index (χ3v) is 4.21. The number of hydrogen-bond donors (Lipinski definition) is 1. The Labute approximate surface area is 103 Å². The van der Waals surface area contributed by atoms with Crippen molar-refractivity contribution >= 4 is 0 Å². The van der Waals surface area contributed by atoms with Gasteiger partial charge in [0, 0.05) is 5.54 Å². The lowest BCUT2D eigenvalue weighted by atomic mass is 9.83. The average Bonchev–Trinajstić information content (AvgIpc) is 2.52. The van der Waals surface area contributed by atoms with E-state index in [4.69, 9.17) is 5.73 Å². The average molecular weight is 235 g/mol. The molecule has 2 unspecified atom stereocenters. The molecule has 0 amide bonds. The highest BCUT2D eigenvalue weighted by molar-refractivity contribution is 5.25. The second kappa shape index (κ2) is 5.18. The summed E-state index contributed by atoms with van der Waals surface area (Å²) in [6.07, 6.45) is 6.79. The van der Waals surface area contributed by atoms with Crippen molar-refractivity contribution < 1.29 is 4.39 Å². The van der Waals surface area contributed by atoms with E-state index >= 15 is 0 Å². The van der Waals surface area contributed by atoms with E-state index in [1.165, 1.54) is 25.3 Å². The molecule has 2 N–H and O–H groups in total. The molecule has 1 nitrogen and oxygen atoms in total. The van der Waals surface area contributed by atoms with Gasteiger partial charge in [0.2, 0.25) is 0 Å². The first-order chi connectivity index (χ1) is 8.14. The number of nitrogens with two attached hydrogens (primary N) is 1. The molecule has 2 rings (SSSR count). The fourth-order valence-electron chi connectivity index (χ4n) is 2.93. The van der Waals surface area contributed by atoms with E-state index in [1.54, 1.807) is 12.1 Å². The van der Waals surface area contributed by atoms with E-state index in [1.807, 2.05) is 6.07 Å². The quantitative estimate of drug-likeness (QED) is 0.771. The molecule has 1 aromatic carbocycles. The topological polar surface area (TPSA) is 26.0 Å². The highest BCUT2D eigenvalue weighted by Gasteiger charge is 2.30. The fraction of sp³-hybridized carbons (Fsp3) is 0.600. The number of hydrogen-bond acceptors (Lipinski definition) is 1. The first kappa shape index (κ1) is 12.6. The first-order valence-corrected chi connectivity index (χ1v) is 6.69. The lowest BCUT2D eigenvalue weighted by molar-refractivity contribution is 0.370. The minimum Gasteiger partial charge on any atom is -0.321 e. The highest BCUT2D eigenvalue weighted by atomic mass is 19.1. The van der Waals surface area contributed by atoms with Gasteiger partial charge in [0.05, 0.1) is 0 Å². The van der Waals surface area contributed by atoms with Gasteiger partial charge in [-0.3, -0.25) is 0 Å². The van der Waals surface area contributed by atoms with Crippen LogP contribution in [0, 0.1) is 11.7 Å². The predicted octanol–water partition coefficient (Wildman–Crippen LogP) is 3.97. The molecule has 0 aromatic heterocycles. The third kappa shape index (κ3) is 2.86. The van der Waals surface area contributed by atoms with Gasteiger partial charge in [0.15, 0.2) is 0 Å². The van der Waals surface area contributed by atoms with Gasteiger partial charge in [-0.2, -0.15) is 0 Å². The van der Waals surface area contributed by atoms with Gasteiger partial charge >= 0.3 is 0 Å². The van der Waals surface area contributed by atoms with E-state index in [2.05, 4.69) is 6.92 Å². The molecule has 0 bridgehead atoms. The highest BCUT2D eigenvalue weighted by Crippen LogP contribution is 2.36. The van der Waals surface area contributed by atoms with Crippen molar-refractivity contribution in [1.29, 1.82) is 0 Å². The zero-order valence-electron chi connectivity index (χ0n) is 10.6. The van der Waals surface area contributed by atoms with Crippen molar-refractivity contribution in [3.8, 4) is 0 Å². The Hall–Kier alpha value is -0.890. The maximum Gasteiger partial charge on any atom is 0.123 e. The van der Waals surface area contributed by atoms with Gasteiger partial charge in [-0.05, 0) is 42.9 Å². The van der Waals surface area contributed by atoms with Crippen LogP contribution >= 0.6 is 0 Å². The Balaban J connectivity index is 2.18. The molecule has 1 fully saturated rings. The number of benzene rings is 1. The molecule has 2 atom stereocenters. The summed E-state index contributed by atoms with van der Waals surface area (Å²) in [4.78, 5) is 0. The predicted molar refractivity (Wildman–Crippen MR) is 69.1 cm³/mol. The smallest absolute Gasteiger partial charge is 0.123 e. The number of rotatable bonds is 2. The van der Waals surface area contributed by atoms with Crippen LogP contribution in [-0.2, 0) is 5.54 Å². The molecule has 0 aliphatic heterocycles. The maximum absolute atomic E-state index is 13.3. The summed E-state index contributed by atoms with van der Waals surface area (Å²) in [5.41, 5.74) is 7.15. The van der Waals surface area contributed by atoms with Crippen LogP contribution in [-0.4, -0.2) is 0 Å². The van der Waals surface area contributed by atoms with Crippen molar-refractivity contribution in [3.05, 3.63) is 35.6 Å².